The standard InChI is InChI=1S/C23H20O8/c1-2-23(30-7-8-31-23)11-16(24)18-12(10-17(25)26)9-15-19(22(18)29)21(28)14-6-4-3-5-13(14)20(15)27/h3-6,9,29H,2,7-8,10-11H2,1H3,(H,25,26). The molecule has 2 N–H and O–H groups in total. The van der Waals surface area contributed by atoms with Crippen LogP contribution in [0.15, 0.2) is 30.3 Å². The van der Waals surface area contributed by atoms with E-state index in [2.05, 4.69) is 0 Å². The zero-order chi connectivity index (χ0) is 22.3. The molecular formula is C23H20O8. The number of hydrogen-bond acceptors (Lipinski definition) is 7. The topological polar surface area (TPSA) is 127 Å². The highest BCUT2D eigenvalue weighted by molar-refractivity contribution is 6.30. The van der Waals surface area contributed by atoms with E-state index in [9.17, 15) is 29.4 Å². The molecule has 0 unspecified atom stereocenters. The Balaban J connectivity index is 1.87. The Morgan fingerprint density at radius 1 is 1.03 bits per heavy atom. The molecule has 0 aromatic heterocycles. The molecule has 4 rings (SSSR count). The molecule has 1 saturated heterocycles. The number of carboxylic acid groups (broad SMARTS) is 1. The fourth-order valence-corrected chi connectivity index (χ4v) is 4.17. The molecule has 2 aromatic carbocycles. The van der Waals surface area contributed by atoms with Crippen LogP contribution in [0.2, 0.25) is 0 Å². The molecule has 8 heteroatoms. The molecule has 2 aliphatic rings. The van der Waals surface area contributed by atoms with Crippen molar-refractivity contribution in [2.75, 3.05) is 13.2 Å². The van der Waals surface area contributed by atoms with E-state index >= 15 is 0 Å². The minimum atomic E-state index is -1.25. The summed E-state index contributed by atoms with van der Waals surface area (Å²) in [6, 6.07) is 7.39. The first-order valence-corrected chi connectivity index (χ1v) is 9.88. The van der Waals surface area contributed by atoms with Crippen LogP contribution >= 0.6 is 0 Å². The van der Waals surface area contributed by atoms with E-state index in [1.54, 1.807) is 19.1 Å². The summed E-state index contributed by atoms with van der Waals surface area (Å²) in [7, 11) is 0. The summed E-state index contributed by atoms with van der Waals surface area (Å²) in [4.78, 5) is 50.7. The average molecular weight is 424 g/mol. The van der Waals surface area contributed by atoms with E-state index in [1.165, 1.54) is 18.2 Å². The molecule has 0 radical (unpaired) electrons. The molecule has 1 heterocycles. The van der Waals surface area contributed by atoms with Crippen molar-refractivity contribution in [1.29, 1.82) is 0 Å². The number of carboxylic acids is 1. The number of carbonyl (C=O) groups excluding carboxylic acids is 3. The molecule has 0 saturated carbocycles. The average Bonchev–Trinajstić information content (AvgIpc) is 3.20. The Hall–Kier alpha value is -3.36. The Morgan fingerprint density at radius 2 is 1.65 bits per heavy atom. The van der Waals surface area contributed by atoms with Gasteiger partial charge in [0, 0.05) is 16.7 Å². The second kappa shape index (κ2) is 7.72. The fourth-order valence-electron chi connectivity index (χ4n) is 4.17. The lowest BCUT2D eigenvalue weighted by Crippen LogP contribution is -2.33. The maximum Gasteiger partial charge on any atom is 0.307 e. The van der Waals surface area contributed by atoms with Crippen molar-refractivity contribution in [2.24, 2.45) is 0 Å². The van der Waals surface area contributed by atoms with Gasteiger partial charge >= 0.3 is 5.97 Å². The van der Waals surface area contributed by atoms with Crippen LogP contribution in [-0.4, -0.2) is 52.5 Å². The molecule has 1 aliphatic carbocycles. The number of benzene rings is 2. The quantitative estimate of drug-likeness (QED) is 0.578. The lowest BCUT2D eigenvalue weighted by Gasteiger charge is -2.26. The Labute approximate surface area is 177 Å². The van der Waals surface area contributed by atoms with Crippen LogP contribution in [0, 0.1) is 0 Å². The first-order valence-electron chi connectivity index (χ1n) is 9.88. The van der Waals surface area contributed by atoms with E-state index in [0.717, 1.165) is 0 Å². The zero-order valence-corrected chi connectivity index (χ0v) is 16.8. The van der Waals surface area contributed by atoms with Gasteiger partial charge in [-0.05, 0) is 18.1 Å². The summed E-state index contributed by atoms with van der Waals surface area (Å²) in [5.74, 6) is -4.85. The minimum Gasteiger partial charge on any atom is -0.506 e. The summed E-state index contributed by atoms with van der Waals surface area (Å²) >= 11 is 0. The SMILES string of the molecule is CCC1(CC(=O)c2c(CC(=O)O)cc3c(c2O)C(=O)c2ccccc2C3=O)OCCO1. The molecule has 0 atom stereocenters. The van der Waals surface area contributed by atoms with Gasteiger partial charge in [0.05, 0.1) is 37.2 Å². The van der Waals surface area contributed by atoms with Gasteiger partial charge < -0.3 is 19.7 Å². The minimum absolute atomic E-state index is 0.0430. The van der Waals surface area contributed by atoms with Gasteiger partial charge in [-0.15, -0.1) is 0 Å². The van der Waals surface area contributed by atoms with Crippen LogP contribution in [0.25, 0.3) is 0 Å². The highest BCUT2D eigenvalue weighted by Crippen LogP contribution is 2.39. The lowest BCUT2D eigenvalue weighted by atomic mass is 9.80. The third-order valence-corrected chi connectivity index (χ3v) is 5.67. The van der Waals surface area contributed by atoms with Crippen LogP contribution < -0.4 is 0 Å². The molecule has 0 bridgehead atoms. The third-order valence-electron chi connectivity index (χ3n) is 5.67. The van der Waals surface area contributed by atoms with Gasteiger partial charge in [0.25, 0.3) is 0 Å². The predicted molar refractivity (Wildman–Crippen MR) is 107 cm³/mol. The second-order valence-corrected chi connectivity index (χ2v) is 7.52. The number of hydrogen-bond donors (Lipinski definition) is 2. The molecule has 2 aromatic rings. The number of rotatable bonds is 6. The lowest BCUT2D eigenvalue weighted by molar-refractivity contribution is -0.155. The van der Waals surface area contributed by atoms with Gasteiger partial charge in [0.1, 0.15) is 5.75 Å². The smallest absolute Gasteiger partial charge is 0.307 e. The van der Waals surface area contributed by atoms with E-state index in [0.29, 0.717) is 19.6 Å². The Morgan fingerprint density at radius 3 is 2.23 bits per heavy atom. The van der Waals surface area contributed by atoms with E-state index in [-0.39, 0.29) is 39.8 Å². The van der Waals surface area contributed by atoms with Crippen LogP contribution in [0.1, 0.15) is 67.5 Å². The largest absolute Gasteiger partial charge is 0.506 e. The normalized spacial score (nSPS) is 16.7. The summed E-state index contributed by atoms with van der Waals surface area (Å²) in [5.41, 5.74) is -0.468. The van der Waals surface area contributed by atoms with E-state index < -0.39 is 41.3 Å². The first kappa shape index (κ1) is 20.9. The van der Waals surface area contributed by atoms with Crippen LogP contribution in [0.4, 0.5) is 0 Å². The number of aromatic hydroxyl groups is 1. The fraction of sp³-hybridized carbons (Fsp3) is 0.304. The van der Waals surface area contributed by atoms with Crippen molar-refractivity contribution in [3.63, 3.8) is 0 Å². The number of carbonyl (C=O) groups is 4. The molecule has 8 nitrogen and oxygen atoms in total. The monoisotopic (exact) mass is 424 g/mol. The van der Waals surface area contributed by atoms with Gasteiger partial charge in [0.15, 0.2) is 23.1 Å². The first-order chi connectivity index (χ1) is 14.8. The summed E-state index contributed by atoms with van der Waals surface area (Å²) in [6.45, 7) is 2.40. The van der Waals surface area contributed by atoms with Crippen LogP contribution in [-0.2, 0) is 20.7 Å². The molecule has 160 valence electrons. The number of aliphatic carboxylic acids is 1. The van der Waals surface area contributed by atoms with Crippen LogP contribution in [0.5, 0.6) is 5.75 Å². The zero-order valence-electron chi connectivity index (χ0n) is 16.8. The summed E-state index contributed by atoms with van der Waals surface area (Å²) < 4.78 is 11.2. The molecule has 1 aliphatic heterocycles. The molecule has 31 heavy (non-hydrogen) atoms. The number of phenols is 1. The molecule has 0 spiro atoms. The number of phenolic OH excluding ortho intramolecular Hbond substituents is 1. The van der Waals surface area contributed by atoms with Crippen molar-refractivity contribution in [3.8, 4) is 5.75 Å². The van der Waals surface area contributed by atoms with Gasteiger partial charge in [-0.2, -0.15) is 0 Å². The van der Waals surface area contributed by atoms with E-state index in [1.807, 2.05) is 0 Å². The summed E-state index contributed by atoms with van der Waals surface area (Å²) in [5, 5.41) is 20.3. The Kier molecular flexibility index (Phi) is 5.20. The molecular weight excluding hydrogens is 404 g/mol. The van der Waals surface area contributed by atoms with Gasteiger partial charge in [0.2, 0.25) is 0 Å². The van der Waals surface area contributed by atoms with E-state index in [4.69, 9.17) is 9.47 Å². The van der Waals surface area contributed by atoms with Crippen molar-refractivity contribution < 1.29 is 38.9 Å². The number of Topliss-reactive ketones (excluding diaryl/α,β-unsaturated/α-hetero) is 1. The Bertz CT molecular complexity index is 1120. The molecule has 1 fully saturated rings. The summed E-state index contributed by atoms with van der Waals surface area (Å²) in [6.07, 6.45) is -0.503. The second-order valence-electron chi connectivity index (χ2n) is 7.52. The van der Waals surface area contributed by atoms with Crippen LogP contribution in [0.3, 0.4) is 0 Å². The highest BCUT2D eigenvalue weighted by atomic mass is 16.7. The van der Waals surface area contributed by atoms with Gasteiger partial charge in [-0.1, -0.05) is 31.2 Å². The maximum absolute atomic E-state index is 13.2. The molecule has 0 amide bonds. The van der Waals surface area contributed by atoms with Crippen molar-refractivity contribution in [2.45, 2.75) is 32.0 Å². The third kappa shape index (κ3) is 3.43. The number of fused-ring (bicyclic) bond motifs is 2. The van der Waals surface area contributed by atoms with Gasteiger partial charge in [-0.25, -0.2) is 0 Å². The van der Waals surface area contributed by atoms with Crippen molar-refractivity contribution >= 4 is 23.3 Å². The van der Waals surface area contributed by atoms with Gasteiger partial charge in [-0.3, -0.25) is 19.2 Å². The number of ether oxygens (including phenoxy) is 2. The highest BCUT2D eigenvalue weighted by Gasteiger charge is 2.40. The van der Waals surface area contributed by atoms with Crippen molar-refractivity contribution in [3.05, 3.63) is 63.7 Å². The van der Waals surface area contributed by atoms with Crippen molar-refractivity contribution in [1.82, 2.24) is 0 Å². The number of ketones is 3. The predicted octanol–water partition coefficient (Wildman–Crippen LogP) is 2.52. The maximum atomic E-state index is 13.2.